The van der Waals surface area contributed by atoms with Crippen LogP contribution >= 0.6 is 0 Å². The average molecular weight is 661 g/mol. The van der Waals surface area contributed by atoms with Gasteiger partial charge in [-0.1, -0.05) is 84.9 Å². The summed E-state index contributed by atoms with van der Waals surface area (Å²) in [5.41, 5.74) is 6.17. The molecule has 0 bridgehead atoms. The van der Waals surface area contributed by atoms with Crippen LogP contribution in [0.2, 0.25) is 0 Å². The third kappa shape index (κ3) is 4.12. The van der Waals surface area contributed by atoms with E-state index >= 15 is 0 Å². The van der Waals surface area contributed by atoms with E-state index in [1.165, 1.54) is 0 Å². The van der Waals surface area contributed by atoms with E-state index in [9.17, 15) is 0 Å². The predicted octanol–water partition coefficient (Wildman–Crippen LogP) is 9.91. The maximum absolute atomic E-state index is 8.96. The summed E-state index contributed by atoms with van der Waals surface area (Å²) in [5, 5.41) is 4.60. The monoisotopic (exact) mass is 660 g/mol. The predicted molar refractivity (Wildman–Crippen MR) is 203 cm³/mol. The Hall–Kier alpha value is -7.12. The Kier molecular flexibility index (Phi) is 4.88. The third-order valence-corrected chi connectivity index (χ3v) is 9.55. The van der Waals surface area contributed by atoms with E-state index < -0.39 is 18.1 Å². The first-order valence-electron chi connectivity index (χ1n) is 19.0. The second-order valence-electron chi connectivity index (χ2n) is 12.4. The minimum Gasteiger partial charge on any atom is -0.453 e. The number of para-hydroxylation sites is 4. The number of nitrogens with zero attached hydrogens (tertiary/aromatic N) is 6. The normalized spacial score (nSPS) is 13.3. The summed E-state index contributed by atoms with van der Waals surface area (Å²) < 4.78 is 55.2. The van der Waals surface area contributed by atoms with Crippen LogP contribution < -0.4 is 4.57 Å². The lowest BCUT2D eigenvalue weighted by Gasteiger charge is -2.09. The first kappa shape index (κ1) is 23.3. The van der Waals surface area contributed by atoms with Crippen molar-refractivity contribution in [3.63, 3.8) is 0 Å². The van der Waals surface area contributed by atoms with Crippen LogP contribution in [0.1, 0.15) is 6.85 Å². The molecule has 0 N–H and O–H groups in total. The number of furan rings is 1. The van der Waals surface area contributed by atoms with Crippen molar-refractivity contribution < 1.29 is 15.8 Å². The van der Waals surface area contributed by atoms with Gasteiger partial charge >= 0.3 is 11.9 Å². The number of hydrogen-bond donors (Lipinski definition) is 0. The van der Waals surface area contributed by atoms with Gasteiger partial charge in [-0.3, -0.25) is 4.57 Å². The van der Waals surface area contributed by atoms with Gasteiger partial charge in [-0.25, -0.2) is 0 Å². The van der Waals surface area contributed by atoms with Gasteiger partial charge in [-0.15, -0.1) is 0 Å². The van der Waals surface area contributed by atoms with Crippen molar-refractivity contribution in [2.75, 3.05) is 0 Å². The second-order valence-corrected chi connectivity index (χ2v) is 12.4. The summed E-state index contributed by atoms with van der Waals surface area (Å²) in [7, 11) is 0. The summed E-state index contributed by atoms with van der Waals surface area (Å²) in [4.78, 5) is 15.4. The largest absolute Gasteiger partial charge is 0.453 e. The lowest BCUT2D eigenvalue weighted by molar-refractivity contribution is -0.574. The molecule has 0 saturated heterocycles. The van der Waals surface area contributed by atoms with Crippen LogP contribution in [-0.4, -0.2) is 24.1 Å². The number of rotatable bonds is 4. The van der Waals surface area contributed by atoms with Gasteiger partial charge in [-0.2, -0.15) is 9.55 Å². The molecule has 0 saturated carbocycles. The standard InChI is InChI=1S/C44H27N6O/c1-3-14-28(15-4-1)42-45-43(48-25-13-24-40-41(48)32-20-9-12-23-39(32)51-40)47-44(46-42)50-36-22-11-8-19-31(36)34-26-33-30-18-7-10-21-35(30)49(37(33)27-38(34)50)29-16-5-2-6-17-29/h1-27H/q+1/i2D,5D,6D,16D,17D. The summed E-state index contributed by atoms with van der Waals surface area (Å²) in [5.74, 6) is 1.25. The Labute approximate surface area is 297 Å². The Balaban J connectivity index is 1.27. The topological polar surface area (TPSA) is 65.6 Å². The van der Waals surface area contributed by atoms with Crippen molar-refractivity contribution in [1.82, 2.24) is 24.1 Å². The molecule has 7 nitrogen and oxygen atoms in total. The molecule has 6 aromatic carbocycles. The van der Waals surface area contributed by atoms with E-state index in [2.05, 4.69) is 12.1 Å². The maximum Gasteiger partial charge on any atom is 0.443 e. The molecule has 7 heteroatoms. The van der Waals surface area contributed by atoms with Gasteiger partial charge in [0.25, 0.3) is 0 Å². The molecule has 0 atom stereocenters. The number of fused-ring (bicyclic) bond motifs is 9. The lowest BCUT2D eigenvalue weighted by atomic mass is 10.1. The Morgan fingerprint density at radius 3 is 1.96 bits per heavy atom. The Morgan fingerprint density at radius 2 is 1.18 bits per heavy atom. The fourth-order valence-electron chi connectivity index (χ4n) is 7.39. The fraction of sp³-hybridized carbons (Fsp3) is 0. The zero-order chi connectivity index (χ0) is 37.8. The van der Waals surface area contributed by atoms with Gasteiger partial charge in [0.2, 0.25) is 5.82 Å². The maximum atomic E-state index is 8.96. The van der Waals surface area contributed by atoms with E-state index in [-0.39, 0.29) is 17.8 Å². The first-order chi connectivity index (χ1) is 27.4. The molecule has 0 aliphatic heterocycles. The van der Waals surface area contributed by atoms with E-state index in [1.807, 2.05) is 131 Å². The first-order valence-corrected chi connectivity index (χ1v) is 16.5. The highest BCUT2D eigenvalue weighted by Gasteiger charge is 2.27. The SMILES string of the molecule is [2H]c1c([2H])c([2H])c(-n2c3ccccc3c3cc4c5ccccc5n(-c5nc(-c6ccccc6)nc(-[n+]6cccc7oc8ccccc8c76)n5)c4cc32)c([2H])c1[2H]. The van der Waals surface area contributed by atoms with Crippen LogP contribution in [0, 0.1) is 0 Å². The summed E-state index contributed by atoms with van der Waals surface area (Å²) in [6.45, 7) is 0. The third-order valence-electron chi connectivity index (χ3n) is 9.55. The van der Waals surface area contributed by atoms with Crippen LogP contribution in [0.15, 0.2) is 168 Å². The molecule has 0 unspecified atom stereocenters. The highest BCUT2D eigenvalue weighted by atomic mass is 16.3. The average Bonchev–Trinajstić information content (AvgIpc) is 3.89. The molecule has 5 heterocycles. The summed E-state index contributed by atoms with van der Waals surface area (Å²) >= 11 is 0. The van der Waals surface area contributed by atoms with Crippen molar-refractivity contribution in [3.05, 3.63) is 164 Å². The number of benzene rings is 6. The van der Waals surface area contributed by atoms with Crippen LogP contribution in [0.5, 0.6) is 0 Å². The molecule has 11 rings (SSSR count). The lowest BCUT2D eigenvalue weighted by Crippen LogP contribution is -2.34. The summed E-state index contributed by atoms with van der Waals surface area (Å²) in [6.07, 6.45) is 1.92. The van der Waals surface area contributed by atoms with Crippen LogP contribution in [-0.2, 0) is 0 Å². The highest BCUT2D eigenvalue weighted by molar-refractivity contribution is 6.19. The molecule has 238 valence electrons. The number of hydrogen-bond acceptors (Lipinski definition) is 4. The van der Waals surface area contributed by atoms with E-state index in [0.717, 1.165) is 60.1 Å². The van der Waals surface area contributed by atoms with Gasteiger partial charge in [0.15, 0.2) is 11.1 Å². The molecule has 0 aliphatic rings. The molecule has 0 fully saturated rings. The minimum atomic E-state index is -0.441. The molecule has 11 aromatic rings. The zero-order valence-electron chi connectivity index (χ0n) is 31.8. The summed E-state index contributed by atoms with van der Waals surface area (Å²) in [6, 6.07) is 39.6. The molecule has 0 radical (unpaired) electrons. The van der Waals surface area contributed by atoms with Crippen molar-refractivity contribution in [3.8, 4) is 29.0 Å². The van der Waals surface area contributed by atoms with Gasteiger partial charge in [0.05, 0.1) is 40.5 Å². The van der Waals surface area contributed by atoms with Crippen molar-refractivity contribution in [1.29, 1.82) is 0 Å². The van der Waals surface area contributed by atoms with Crippen LogP contribution in [0.3, 0.4) is 0 Å². The van der Waals surface area contributed by atoms with E-state index in [4.69, 9.17) is 26.2 Å². The van der Waals surface area contributed by atoms with Gasteiger partial charge in [-0.05, 0) is 82.7 Å². The van der Waals surface area contributed by atoms with Crippen LogP contribution in [0.4, 0.5) is 0 Å². The quantitative estimate of drug-likeness (QED) is 0.176. The molecule has 0 spiro atoms. The molecule has 0 aliphatic carbocycles. The molecule has 5 aromatic heterocycles. The van der Waals surface area contributed by atoms with Gasteiger partial charge in [0.1, 0.15) is 5.58 Å². The van der Waals surface area contributed by atoms with Gasteiger partial charge < -0.3 is 8.98 Å². The minimum absolute atomic E-state index is 0.0786. The number of aromatic nitrogens is 6. The molecular formula is C44H27N6O+. The molecule has 0 amide bonds. The van der Waals surface area contributed by atoms with Crippen molar-refractivity contribution in [2.45, 2.75) is 0 Å². The molecule has 51 heavy (non-hydrogen) atoms. The van der Waals surface area contributed by atoms with Crippen molar-refractivity contribution >= 4 is 65.7 Å². The molecular weight excluding hydrogens is 629 g/mol. The van der Waals surface area contributed by atoms with Gasteiger partial charge in [0, 0.05) is 32.8 Å². The Morgan fingerprint density at radius 1 is 0.529 bits per heavy atom. The van der Waals surface area contributed by atoms with Crippen LogP contribution in [0.25, 0.3) is 94.7 Å². The zero-order valence-corrected chi connectivity index (χ0v) is 26.8. The van der Waals surface area contributed by atoms with Crippen molar-refractivity contribution in [2.24, 2.45) is 0 Å². The fourth-order valence-corrected chi connectivity index (χ4v) is 7.39. The number of pyridine rings is 1. The highest BCUT2D eigenvalue weighted by Crippen LogP contribution is 2.39. The van der Waals surface area contributed by atoms with E-state index in [0.29, 0.717) is 28.8 Å². The second kappa shape index (κ2) is 10.7. The Bertz CT molecular complexity index is 3420. The smallest absolute Gasteiger partial charge is 0.443 e. The van der Waals surface area contributed by atoms with E-state index in [1.54, 1.807) is 4.57 Å².